The van der Waals surface area contributed by atoms with Gasteiger partial charge in [-0.1, -0.05) is 19.8 Å². The maximum atomic E-state index is 12.2. The number of aliphatic carboxylic acids is 1. The molecule has 2 atom stereocenters. The van der Waals surface area contributed by atoms with Crippen LogP contribution in [0.15, 0.2) is 0 Å². The molecular formula is C13H23NO3. The molecule has 0 aromatic rings. The van der Waals surface area contributed by atoms with Crippen molar-refractivity contribution in [2.45, 2.75) is 58.9 Å². The van der Waals surface area contributed by atoms with E-state index in [-0.39, 0.29) is 17.4 Å². The number of rotatable bonds is 5. The van der Waals surface area contributed by atoms with Gasteiger partial charge in [-0.2, -0.15) is 0 Å². The van der Waals surface area contributed by atoms with Gasteiger partial charge in [-0.15, -0.1) is 0 Å². The summed E-state index contributed by atoms with van der Waals surface area (Å²) in [5, 5.41) is 11.8. The number of carbonyl (C=O) groups is 2. The van der Waals surface area contributed by atoms with Gasteiger partial charge >= 0.3 is 5.97 Å². The van der Waals surface area contributed by atoms with Gasteiger partial charge in [-0.25, -0.2) is 0 Å². The van der Waals surface area contributed by atoms with E-state index in [1.54, 1.807) is 13.8 Å². The molecule has 0 aromatic heterocycles. The minimum absolute atomic E-state index is 0.0399. The summed E-state index contributed by atoms with van der Waals surface area (Å²) in [6.45, 7) is 5.42. The average Bonchev–Trinajstić information content (AvgIpc) is 2.77. The monoisotopic (exact) mass is 241 g/mol. The van der Waals surface area contributed by atoms with Crippen molar-refractivity contribution in [2.24, 2.45) is 11.3 Å². The molecule has 1 amide bonds. The maximum Gasteiger partial charge on any atom is 0.308 e. The summed E-state index contributed by atoms with van der Waals surface area (Å²) in [6.07, 6.45) is 4.91. The van der Waals surface area contributed by atoms with Gasteiger partial charge in [0.15, 0.2) is 0 Å². The van der Waals surface area contributed by atoms with Gasteiger partial charge in [0.2, 0.25) is 5.91 Å². The third kappa shape index (κ3) is 2.99. The first-order chi connectivity index (χ1) is 7.93. The Morgan fingerprint density at radius 3 is 2.24 bits per heavy atom. The first kappa shape index (κ1) is 14.0. The van der Waals surface area contributed by atoms with Gasteiger partial charge in [-0.05, 0) is 33.1 Å². The Morgan fingerprint density at radius 2 is 1.82 bits per heavy atom. The molecule has 0 radical (unpaired) electrons. The van der Waals surface area contributed by atoms with E-state index in [0.717, 1.165) is 32.1 Å². The zero-order valence-electron chi connectivity index (χ0n) is 11.0. The predicted octanol–water partition coefficient (Wildman–Crippen LogP) is 2.18. The number of carboxylic acids is 1. The predicted molar refractivity (Wildman–Crippen MR) is 65.6 cm³/mol. The van der Waals surface area contributed by atoms with Crippen LogP contribution in [0.4, 0.5) is 0 Å². The van der Waals surface area contributed by atoms with Crippen molar-refractivity contribution in [3.63, 3.8) is 0 Å². The first-order valence-corrected chi connectivity index (χ1v) is 6.47. The highest BCUT2D eigenvalue weighted by Gasteiger charge is 2.40. The second kappa shape index (κ2) is 5.52. The number of hydrogen-bond donors (Lipinski definition) is 2. The Kier molecular flexibility index (Phi) is 4.54. The summed E-state index contributed by atoms with van der Waals surface area (Å²) < 4.78 is 0. The summed E-state index contributed by atoms with van der Waals surface area (Å²) in [7, 11) is 0. The molecule has 1 aliphatic carbocycles. The molecule has 4 heteroatoms. The Bertz CT molecular complexity index is 295. The summed E-state index contributed by atoms with van der Waals surface area (Å²) in [4.78, 5) is 23.1. The van der Waals surface area contributed by atoms with E-state index in [1.807, 2.05) is 6.92 Å². The zero-order valence-corrected chi connectivity index (χ0v) is 11.0. The molecule has 1 rings (SSSR count). The molecule has 2 unspecified atom stereocenters. The van der Waals surface area contributed by atoms with Crippen LogP contribution >= 0.6 is 0 Å². The van der Waals surface area contributed by atoms with Crippen LogP contribution in [-0.2, 0) is 9.59 Å². The highest BCUT2D eigenvalue weighted by Crippen LogP contribution is 2.41. The van der Waals surface area contributed by atoms with Crippen LogP contribution < -0.4 is 5.32 Å². The highest BCUT2D eigenvalue weighted by molar-refractivity contribution is 5.83. The summed E-state index contributed by atoms with van der Waals surface area (Å²) in [6, 6.07) is -0.316. The van der Waals surface area contributed by atoms with E-state index in [2.05, 4.69) is 5.32 Å². The second-order valence-electron chi connectivity index (χ2n) is 5.23. The molecule has 0 saturated heterocycles. The van der Waals surface area contributed by atoms with E-state index in [0.29, 0.717) is 0 Å². The number of carboxylic acid groups (broad SMARTS) is 1. The van der Waals surface area contributed by atoms with Crippen LogP contribution in [0.3, 0.4) is 0 Å². The molecule has 4 nitrogen and oxygen atoms in total. The maximum absolute atomic E-state index is 12.2. The van der Waals surface area contributed by atoms with Crippen LogP contribution in [-0.4, -0.2) is 23.0 Å². The Morgan fingerprint density at radius 1 is 1.29 bits per heavy atom. The quantitative estimate of drug-likeness (QED) is 0.775. The summed E-state index contributed by atoms with van der Waals surface area (Å²) in [5.74, 6) is -1.37. The first-order valence-electron chi connectivity index (χ1n) is 6.47. The Hall–Kier alpha value is -1.06. The third-order valence-corrected chi connectivity index (χ3v) is 4.22. The molecule has 0 aliphatic heterocycles. The van der Waals surface area contributed by atoms with Crippen molar-refractivity contribution >= 4 is 11.9 Å². The Balaban J connectivity index is 2.62. The van der Waals surface area contributed by atoms with Crippen molar-refractivity contribution < 1.29 is 14.7 Å². The van der Waals surface area contributed by atoms with Crippen molar-refractivity contribution in [3.8, 4) is 0 Å². The molecule has 0 bridgehead atoms. The molecule has 0 spiro atoms. The number of amides is 1. The number of hydrogen-bond acceptors (Lipinski definition) is 2. The van der Waals surface area contributed by atoms with Gasteiger partial charge in [0.05, 0.1) is 5.92 Å². The second-order valence-corrected chi connectivity index (χ2v) is 5.23. The normalized spacial score (nSPS) is 21.8. The lowest BCUT2D eigenvalue weighted by molar-refractivity contribution is -0.142. The van der Waals surface area contributed by atoms with E-state index in [4.69, 9.17) is 5.11 Å². The van der Waals surface area contributed by atoms with Crippen LogP contribution in [0.2, 0.25) is 0 Å². The van der Waals surface area contributed by atoms with Gasteiger partial charge in [0.25, 0.3) is 0 Å². The molecule has 0 heterocycles. The largest absolute Gasteiger partial charge is 0.481 e. The molecule has 1 fully saturated rings. The zero-order chi connectivity index (χ0) is 13.1. The van der Waals surface area contributed by atoms with E-state index >= 15 is 0 Å². The molecule has 1 saturated carbocycles. The number of nitrogens with one attached hydrogen (secondary N) is 1. The van der Waals surface area contributed by atoms with Crippen LogP contribution in [0.1, 0.15) is 52.9 Å². The molecular weight excluding hydrogens is 218 g/mol. The van der Waals surface area contributed by atoms with Crippen LogP contribution in [0.5, 0.6) is 0 Å². The number of carbonyl (C=O) groups excluding carboxylic acids is 1. The van der Waals surface area contributed by atoms with Crippen molar-refractivity contribution in [1.82, 2.24) is 5.32 Å². The molecule has 17 heavy (non-hydrogen) atoms. The lowest BCUT2D eigenvalue weighted by atomic mass is 9.82. The average molecular weight is 241 g/mol. The van der Waals surface area contributed by atoms with Gasteiger partial charge in [-0.3, -0.25) is 9.59 Å². The van der Waals surface area contributed by atoms with E-state index in [9.17, 15) is 9.59 Å². The smallest absolute Gasteiger partial charge is 0.308 e. The van der Waals surface area contributed by atoms with Gasteiger partial charge in [0, 0.05) is 11.5 Å². The molecule has 1 aliphatic rings. The van der Waals surface area contributed by atoms with Crippen LogP contribution in [0, 0.1) is 11.3 Å². The molecule has 2 N–H and O–H groups in total. The van der Waals surface area contributed by atoms with E-state index in [1.165, 1.54) is 0 Å². The molecule has 0 aromatic carbocycles. The summed E-state index contributed by atoms with van der Waals surface area (Å²) in [5.41, 5.74) is -0.244. The minimum atomic E-state index is -0.866. The Labute approximate surface area is 103 Å². The summed E-state index contributed by atoms with van der Waals surface area (Å²) >= 11 is 0. The van der Waals surface area contributed by atoms with Crippen molar-refractivity contribution in [1.29, 1.82) is 0 Å². The molecule has 98 valence electrons. The van der Waals surface area contributed by atoms with Crippen LogP contribution in [0.25, 0.3) is 0 Å². The lowest BCUT2D eigenvalue weighted by Gasteiger charge is -2.29. The van der Waals surface area contributed by atoms with Gasteiger partial charge in [0.1, 0.15) is 0 Å². The fourth-order valence-corrected chi connectivity index (χ4v) is 2.49. The minimum Gasteiger partial charge on any atom is -0.481 e. The fraction of sp³-hybridized carbons (Fsp3) is 0.846. The lowest BCUT2D eigenvalue weighted by Crippen LogP contribution is -2.46. The SMILES string of the molecule is CCC1(C(=O)NC(C)C(C)C(=O)O)CCCC1. The third-order valence-electron chi connectivity index (χ3n) is 4.22. The standard InChI is InChI=1S/C13H23NO3/c1-4-13(7-5-6-8-13)12(17)14-10(3)9(2)11(15)16/h9-10H,4-8H2,1-3H3,(H,14,17)(H,15,16). The highest BCUT2D eigenvalue weighted by atomic mass is 16.4. The van der Waals surface area contributed by atoms with Gasteiger partial charge < -0.3 is 10.4 Å². The fourth-order valence-electron chi connectivity index (χ4n) is 2.49. The van der Waals surface area contributed by atoms with Crippen molar-refractivity contribution in [3.05, 3.63) is 0 Å². The topological polar surface area (TPSA) is 66.4 Å². The van der Waals surface area contributed by atoms with Crippen molar-refractivity contribution in [2.75, 3.05) is 0 Å². The van der Waals surface area contributed by atoms with E-state index < -0.39 is 11.9 Å².